The Morgan fingerprint density at radius 3 is 2.66 bits per heavy atom. The second kappa shape index (κ2) is 11.9. The molecule has 6 nitrogen and oxygen atoms in total. The minimum atomic E-state index is -0.346. The summed E-state index contributed by atoms with van der Waals surface area (Å²) in [6.45, 7) is 10.7. The molecule has 2 fully saturated rings. The van der Waals surface area contributed by atoms with Crippen LogP contribution in [0.3, 0.4) is 0 Å². The van der Waals surface area contributed by atoms with Crippen LogP contribution in [0.4, 0.5) is 0 Å². The molecule has 2 aliphatic heterocycles. The number of hydrogen-bond donors (Lipinski definition) is 1. The molecule has 2 saturated heterocycles. The third kappa shape index (κ3) is 6.45. The van der Waals surface area contributed by atoms with Crippen molar-refractivity contribution in [2.45, 2.75) is 70.3 Å². The molecule has 0 bridgehead atoms. The Labute approximate surface area is 214 Å². The third-order valence-electron chi connectivity index (χ3n) is 7.36. The van der Waals surface area contributed by atoms with Crippen molar-refractivity contribution in [2.24, 2.45) is 0 Å². The van der Waals surface area contributed by atoms with Gasteiger partial charge in [-0.3, -0.25) is 4.79 Å². The summed E-state index contributed by atoms with van der Waals surface area (Å²) in [6, 6.07) is 13.0. The Bertz CT molecular complexity index is 941. The van der Waals surface area contributed by atoms with Crippen LogP contribution in [0.1, 0.15) is 56.6 Å². The van der Waals surface area contributed by atoms with Gasteiger partial charge >= 0.3 is 0 Å². The summed E-state index contributed by atoms with van der Waals surface area (Å²) < 4.78 is 12.9. The molecule has 3 heterocycles. The first-order chi connectivity index (χ1) is 16.9. The summed E-state index contributed by atoms with van der Waals surface area (Å²) in [5.41, 5.74) is 1.06. The van der Waals surface area contributed by atoms with Gasteiger partial charge in [0.25, 0.3) is 5.91 Å². The monoisotopic (exact) mass is 499 g/mol. The molecule has 1 N–H and O–H groups in total. The molecule has 2 atom stereocenters. The van der Waals surface area contributed by atoms with E-state index in [9.17, 15) is 4.79 Å². The van der Waals surface area contributed by atoms with Gasteiger partial charge in [0.1, 0.15) is 18.0 Å². The SMILES string of the molecule is CNCCC(Oc1ccccc1CCN1CCC2(CC1)CN(C(C)C)C(=O)[C@@H](C)O2)c1cccs1. The van der Waals surface area contributed by atoms with E-state index in [0.29, 0.717) is 0 Å². The number of para-hydroxylation sites is 1. The molecule has 2 aliphatic rings. The number of likely N-dealkylation sites (tertiary alicyclic amines) is 1. The lowest BCUT2D eigenvalue weighted by Gasteiger charge is -2.50. The van der Waals surface area contributed by atoms with Gasteiger partial charge < -0.3 is 24.6 Å². The van der Waals surface area contributed by atoms with Crippen LogP contribution in [0, 0.1) is 0 Å². The number of carbonyl (C=O) groups is 1. The van der Waals surface area contributed by atoms with Crippen molar-refractivity contribution in [3.05, 3.63) is 52.2 Å². The maximum atomic E-state index is 12.5. The minimum Gasteiger partial charge on any atom is -0.485 e. The quantitative estimate of drug-likeness (QED) is 0.521. The minimum absolute atomic E-state index is 0.0653. The number of amides is 1. The van der Waals surface area contributed by atoms with Crippen molar-refractivity contribution in [2.75, 3.05) is 39.8 Å². The second-order valence-corrected chi connectivity index (χ2v) is 11.2. The maximum Gasteiger partial charge on any atom is 0.251 e. The maximum absolute atomic E-state index is 12.5. The van der Waals surface area contributed by atoms with Gasteiger partial charge in [-0.1, -0.05) is 24.3 Å². The molecule has 1 unspecified atom stereocenters. The fourth-order valence-electron chi connectivity index (χ4n) is 5.25. The highest BCUT2D eigenvalue weighted by Crippen LogP contribution is 2.34. The van der Waals surface area contributed by atoms with Crippen LogP contribution in [-0.2, 0) is 16.0 Å². The van der Waals surface area contributed by atoms with Gasteiger partial charge in [-0.05, 0) is 76.7 Å². The van der Waals surface area contributed by atoms with Crippen LogP contribution in [0.15, 0.2) is 41.8 Å². The molecule has 0 saturated carbocycles. The summed E-state index contributed by atoms with van der Waals surface area (Å²) in [5.74, 6) is 1.12. The predicted molar refractivity (Wildman–Crippen MR) is 142 cm³/mol. The molecule has 1 spiro atoms. The van der Waals surface area contributed by atoms with E-state index >= 15 is 0 Å². The van der Waals surface area contributed by atoms with E-state index in [-0.39, 0.29) is 29.8 Å². The first-order valence-electron chi connectivity index (χ1n) is 13.0. The fourth-order valence-corrected chi connectivity index (χ4v) is 6.04. The number of morpholine rings is 1. The van der Waals surface area contributed by atoms with Crippen LogP contribution >= 0.6 is 11.3 Å². The molecule has 4 rings (SSSR count). The average Bonchev–Trinajstić information content (AvgIpc) is 3.39. The van der Waals surface area contributed by atoms with E-state index in [1.165, 1.54) is 10.4 Å². The van der Waals surface area contributed by atoms with Gasteiger partial charge in [0.05, 0.1) is 12.1 Å². The van der Waals surface area contributed by atoms with Crippen LogP contribution in [-0.4, -0.2) is 73.2 Å². The van der Waals surface area contributed by atoms with Crippen LogP contribution < -0.4 is 10.1 Å². The van der Waals surface area contributed by atoms with E-state index in [0.717, 1.165) is 64.2 Å². The lowest BCUT2D eigenvalue weighted by Crippen LogP contribution is -2.62. The van der Waals surface area contributed by atoms with Gasteiger partial charge in [-0.15, -0.1) is 11.3 Å². The lowest BCUT2D eigenvalue weighted by atomic mass is 9.87. The molecule has 35 heavy (non-hydrogen) atoms. The Morgan fingerprint density at radius 1 is 1.20 bits per heavy atom. The zero-order valence-corrected chi connectivity index (χ0v) is 22.5. The molecular formula is C28H41N3O3S. The largest absolute Gasteiger partial charge is 0.485 e. The zero-order chi connectivity index (χ0) is 24.8. The number of rotatable bonds is 10. The van der Waals surface area contributed by atoms with Gasteiger partial charge in [0, 0.05) is 37.0 Å². The Morgan fingerprint density at radius 2 is 1.97 bits per heavy atom. The number of thiophene rings is 1. The molecular weight excluding hydrogens is 458 g/mol. The third-order valence-corrected chi connectivity index (χ3v) is 8.33. The summed E-state index contributed by atoms with van der Waals surface area (Å²) >= 11 is 1.76. The number of hydrogen-bond acceptors (Lipinski definition) is 6. The van der Waals surface area contributed by atoms with E-state index in [1.54, 1.807) is 11.3 Å². The average molecular weight is 500 g/mol. The van der Waals surface area contributed by atoms with Gasteiger partial charge in [0.2, 0.25) is 0 Å². The number of nitrogens with zero attached hydrogens (tertiary/aromatic N) is 2. The Balaban J connectivity index is 1.34. The number of benzene rings is 1. The smallest absolute Gasteiger partial charge is 0.251 e. The van der Waals surface area contributed by atoms with Crippen molar-refractivity contribution < 1.29 is 14.3 Å². The molecule has 0 radical (unpaired) electrons. The summed E-state index contributed by atoms with van der Waals surface area (Å²) in [7, 11) is 1.99. The zero-order valence-electron chi connectivity index (χ0n) is 21.7. The summed E-state index contributed by atoms with van der Waals surface area (Å²) in [4.78, 5) is 18.3. The number of nitrogens with one attached hydrogen (secondary N) is 1. The van der Waals surface area contributed by atoms with Gasteiger partial charge in [0.15, 0.2) is 0 Å². The number of piperidine rings is 1. The standard InChI is InChI=1S/C28H41N3O3S/c1-21(2)31-20-28(34-22(3)27(31)32)13-17-30(18-14-28)16-12-23-8-5-6-9-24(23)33-25(11-15-29-4)26-10-7-19-35-26/h5-10,19,21-22,25,29H,11-18,20H2,1-4H3/t22-,25?/m1/s1. The number of carbonyl (C=O) groups excluding carboxylic acids is 1. The highest BCUT2D eigenvalue weighted by molar-refractivity contribution is 7.10. The predicted octanol–water partition coefficient (Wildman–Crippen LogP) is 4.51. The van der Waals surface area contributed by atoms with Crippen LogP contribution in [0.5, 0.6) is 5.75 Å². The van der Waals surface area contributed by atoms with Crippen molar-refractivity contribution in [1.82, 2.24) is 15.1 Å². The van der Waals surface area contributed by atoms with Crippen molar-refractivity contribution in [1.29, 1.82) is 0 Å². The molecule has 2 aromatic rings. The number of ether oxygens (including phenoxy) is 2. The van der Waals surface area contributed by atoms with E-state index in [4.69, 9.17) is 9.47 Å². The Kier molecular flexibility index (Phi) is 8.87. The molecule has 0 aliphatic carbocycles. The van der Waals surface area contributed by atoms with E-state index in [1.807, 2.05) is 18.9 Å². The summed E-state index contributed by atoms with van der Waals surface area (Å²) in [5, 5.41) is 5.37. The second-order valence-electron chi connectivity index (χ2n) is 10.2. The van der Waals surface area contributed by atoms with Crippen LogP contribution in [0.25, 0.3) is 0 Å². The molecule has 7 heteroatoms. The fraction of sp³-hybridized carbons (Fsp3) is 0.607. The van der Waals surface area contributed by atoms with E-state index < -0.39 is 0 Å². The van der Waals surface area contributed by atoms with Crippen molar-refractivity contribution >= 4 is 17.2 Å². The van der Waals surface area contributed by atoms with Crippen molar-refractivity contribution in [3.63, 3.8) is 0 Å². The molecule has 1 aromatic heterocycles. The topological polar surface area (TPSA) is 54.0 Å². The van der Waals surface area contributed by atoms with Gasteiger partial charge in [-0.2, -0.15) is 0 Å². The first kappa shape index (κ1) is 26.1. The van der Waals surface area contributed by atoms with Crippen LogP contribution in [0.2, 0.25) is 0 Å². The summed E-state index contributed by atoms with van der Waals surface area (Å²) in [6.07, 6.45) is 3.55. The lowest BCUT2D eigenvalue weighted by molar-refractivity contribution is -0.192. The van der Waals surface area contributed by atoms with E-state index in [2.05, 4.69) is 65.8 Å². The van der Waals surface area contributed by atoms with Crippen molar-refractivity contribution in [3.8, 4) is 5.75 Å². The normalized spacial score (nSPS) is 21.6. The highest BCUT2D eigenvalue weighted by Gasteiger charge is 2.45. The molecule has 192 valence electrons. The highest BCUT2D eigenvalue weighted by atomic mass is 32.1. The van der Waals surface area contributed by atoms with Gasteiger partial charge in [-0.25, -0.2) is 0 Å². The first-order valence-corrected chi connectivity index (χ1v) is 13.9. The Hall–Kier alpha value is -1.93. The molecule has 1 amide bonds. The molecule has 1 aromatic carbocycles.